The van der Waals surface area contributed by atoms with E-state index in [1.54, 1.807) is 24.3 Å². The molecule has 1 aliphatic rings. The lowest BCUT2D eigenvalue weighted by molar-refractivity contribution is 0.0730. The Balaban J connectivity index is 1.84. The SMILES string of the molecule is CCCSc1nnc(-c2cccc(S(=O)(=O)N3CCOCC3)c2)o1. The number of thioether (sulfide) groups is 1. The molecule has 130 valence electrons. The number of morpholine rings is 1. The van der Waals surface area contributed by atoms with Crippen LogP contribution < -0.4 is 0 Å². The van der Waals surface area contributed by atoms with Crippen molar-refractivity contribution in [3.05, 3.63) is 24.3 Å². The third-order valence-corrected chi connectivity index (χ3v) is 6.44. The topological polar surface area (TPSA) is 85.5 Å². The Bertz CT molecular complexity index is 786. The number of rotatable bonds is 6. The second-order valence-electron chi connectivity index (χ2n) is 5.27. The van der Waals surface area contributed by atoms with Crippen molar-refractivity contribution < 1.29 is 17.6 Å². The molecule has 1 aromatic heterocycles. The summed E-state index contributed by atoms with van der Waals surface area (Å²) in [4.78, 5) is 0.225. The number of hydrogen-bond acceptors (Lipinski definition) is 7. The summed E-state index contributed by atoms with van der Waals surface area (Å²) in [5, 5.41) is 8.48. The molecule has 3 rings (SSSR count). The minimum absolute atomic E-state index is 0.225. The van der Waals surface area contributed by atoms with Crippen LogP contribution >= 0.6 is 11.8 Å². The van der Waals surface area contributed by atoms with Crippen LogP contribution in [0.1, 0.15) is 13.3 Å². The lowest BCUT2D eigenvalue weighted by Crippen LogP contribution is -2.40. The zero-order valence-corrected chi connectivity index (χ0v) is 15.0. The molecule has 0 unspecified atom stereocenters. The highest BCUT2D eigenvalue weighted by atomic mass is 32.2. The van der Waals surface area contributed by atoms with Crippen LogP contribution in [0.4, 0.5) is 0 Å². The van der Waals surface area contributed by atoms with Crippen LogP contribution in [0.15, 0.2) is 38.8 Å². The molecule has 0 aliphatic carbocycles. The molecule has 0 saturated carbocycles. The molecule has 2 aromatic rings. The third-order valence-electron chi connectivity index (χ3n) is 3.52. The molecule has 7 nitrogen and oxygen atoms in total. The predicted molar refractivity (Wildman–Crippen MR) is 90.3 cm³/mol. The highest BCUT2D eigenvalue weighted by Crippen LogP contribution is 2.26. The quantitative estimate of drug-likeness (QED) is 0.722. The van der Waals surface area contributed by atoms with E-state index < -0.39 is 10.0 Å². The number of ether oxygens (including phenoxy) is 1. The van der Waals surface area contributed by atoms with Crippen LogP contribution in [0, 0.1) is 0 Å². The number of hydrogen-bond donors (Lipinski definition) is 0. The normalized spacial score (nSPS) is 16.4. The first-order valence-electron chi connectivity index (χ1n) is 7.76. The maximum atomic E-state index is 12.7. The van der Waals surface area contributed by atoms with Crippen LogP contribution in [-0.4, -0.2) is 55.0 Å². The fourth-order valence-corrected chi connectivity index (χ4v) is 4.37. The second-order valence-corrected chi connectivity index (χ2v) is 8.25. The van der Waals surface area contributed by atoms with Gasteiger partial charge in [0.05, 0.1) is 18.1 Å². The molecule has 0 atom stereocenters. The second kappa shape index (κ2) is 7.64. The van der Waals surface area contributed by atoms with Crippen molar-refractivity contribution >= 4 is 21.8 Å². The maximum absolute atomic E-state index is 12.7. The fraction of sp³-hybridized carbons (Fsp3) is 0.467. The highest BCUT2D eigenvalue weighted by Gasteiger charge is 2.26. The average molecular weight is 369 g/mol. The van der Waals surface area contributed by atoms with Crippen molar-refractivity contribution in [1.82, 2.24) is 14.5 Å². The molecule has 2 heterocycles. The van der Waals surface area contributed by atoms with Crippen molar-refractivity contribution in [2.45, 2.75) is 23.5 Å². The van der Waals surface area contributed by atoms with Gasteiger partial charge in [-0.15, -0.1) is 10.2 Å². The summed E-state index contributed by atoms with van der Waals surface area (Å²) in [5.41, 5.74) is 0.597. The van der Waals surface area contributed by atoms with E-state index in [4.69, 9.17) is 9.15 Å². The minimum atomic E-state index is -3.54. The van der Waals surface area contributed by atoms with Gasteiger partial charge in [0.25, 0.3) is 5.22 Å². The molecule has 1 fully saturated rings. The summed E-state index contributed by atoms with van der Waals surface area (Å²) in [6, 6.07) is 6.61. The Morgan fingerprint density at radius 1 is 1.25 bits per heavy atom. The van der Waals surface area contributed by atoms with Gasteiger partial charge in [-0.3, -0.25) is 0 Å². The number of sulfonamides is 1. The van der Waals surface area contributed by atoms with Gasteiger partial charge in [-0.05, 0) is 24.6 Å². The summed E-state index contributed by atoms with van der Waals surface area (Å²) in [6.07, 6.45) is 1.01. The van der Waals surface area contributed by atoms with Crippen molar-refractivity contribution in [3.63, 3.8) is 0 Å². The molecule has 0 radical (unpaired) electrons. The van der Waals surface area contributed by atoms with E-state index >= 15 is 0 Å². The van der Waals surface area contributed by atoms with Gasteiger partial charge in [-0.1, -0.05) is 24.8 Å². The lowest BCUT2D eigenvalue weighted by Gasteiger charge is -2.26. The minimum Gasteiger partial charge on any atom is -0.411 e. The summed E-state index contributed by atoms with van der Waals surface area (Å²) in [7, 11) is -3.54. The van der Waals surface area contributed by atoms with E-state index in [1.807, 2.05) is 0 Å². The molecular weight excluding hydrogens is 350 g/mol. The molecule has 9 heteroatoms. The van der Waals surface area contributed by atoms with Gasteiger partial charge in [-0.2, -0.15) is 4.31 Å². The van der Waals surface area contributed by atoms with Crippen LogP contribution in [0.2, 0.25) is 0 Å². The molecule has 24 heavy (non-hydrogen) atoms. The molecular formula is C15H19N3O4S2. The van der Waals surface area contributed by atoms with E-state index in [-0.39, 0.29) is 4.90 Å². The van der Waals surface area contributed by atoms with Crippen molar-refractivity contribution in [1.29, 1.82) is 0 Å². The molecule has 0 N–H and O–H groups in total. The molecule has 0 bridgehead atoms. The Hall–Kier alpha value is -1.42. The first-order chi connectivity index (χ1) is 11.6. The third kappa shape index (κ3) is 3.80. The van der Waals surface area contributed by atoms with Crippen LogP contribution in [0.25, 0.3) is 11.5 Å². The molecule has 1 aromatic carbocycles. The monoisotopic (exact) mass is 369 g/mol. The lowest BCUT2D eigenvalue weighted by atomic mass is 10.2. The Morgan fingerprint density at radius 3 is 2.79 bits per heavy atom. The average Bonchev–Trinajstić information content (AvgIpc) is 3.10. The first kappa shape index (κ1) is 17.4. The zero-order valence-electron chi connectivity index (χ0n) is 13.3. The van der Waals surface area contributed by atoms with Gasteiger partial charge in [0, 0.05) is 24.4 Å². The van der Waals surface area contributed by atoms with Crippen molar-refractivity contribution in [3.8, 4) is 11.5 Å². The zero-order chi connectivity index (χ0) is 17.0. The number of benzene rings is 1. The Kier molecular flexibility index (Phi) is 5.54. The van der Waals surface area contributed by atoms with Gasteiger partial charge < -0.3 is 9.15 Å². The first-order valence-corrected chi connectivity index (χ1v) is 10.2. The van der Waals surface area contributed by atoms with Gasteiger partial charge in [-0.25, -0.2) is 8.42 Å². The van der Waals surface area contributed by atoms with E-state index in [0.29, 0.717) is 43.0 Å². The van der Waals surface area contributed by atoms with Crippen molar-refractivity contribution in [2.75, 3.05) is 32.1 Å². The Labute approximate surface area is 145 Å². The van der Waals surface area contributed by atoms with Gasteiger partial charge in [0.2, 0.25) is 15.9 Å². The number of aromatic nitrogens is 2. The van der Waals surface area contributed by atoms with Gasteiger partial charge >= 0.3 is 0 Å². The van der Waals surface area contributed by atoms with E-state index in [2.05, 4.69) is 17.1 Å². The van der Waals surface area contributed by atoms with Crippen LogP contribution in [0.5, 0.6) is 0 Å². The predicted octanol–water partition coefficient (Wildman–Crippen LogP) is 2.26. The molecule has 1 saturated heterocycles. The van der Waals surface area contributed by atoms with Crippen molar-refractivity contribution in [2.24, 2.45) is 0 Å². The summed E-state index contributed by atoms with van der Waals surface area (Å²) in [5.74, 6) is 1.22. The highest BCUT2D eigenvalue weighted by molar-refractivity contribution is 7.99. The fourth-order valence-electron chi connectivity index (χ4n) is 2.30. The smallest absolute Gasteiger partial charge is 0.276 e. The standard InChI is InChI=1S/C15H19N3O4S2/c1-2-10-23-15-17-16-14(22-15)12-4-3-5-13(11-12)24(19,20)18-6-8-21-9-7-18/h3-5,11H,2,6-10H2,1H3. The molecule has 0 spiro atoms. The molecule has 0 amide bonds. The van der Waals surface area contributed by atoms with Crippen LogP contribution in [0.3, 0.4) is 0 Å². The van der Waals surface area contributed by atoms with E-state index in [0.717, 1.165) is 12.2 Å². The van der Waals surface area contributed by atoms with Gasteiger partial charge in [0.15, 0.2) is 0 Å². The largest absolute Gasteiger partial charge is 0.411 e. The molecule has 1 aliphatic heterocycles. The Morgan fingerprint density at radius 2 is 2.04 bits per heavy atom. The number of nitrogens with zero attached hydrogens (tertiary/aromatic N) is 3. The van der Waals surface area contributed by atoms with Crippen LogP contribution in [-0.2, 0) is 14.8 Å². The summed E-state index contributed by atoms with van der Waals surface area (Å²) in [6.45, 7) is 3.64. The van der Waals surface area contributed by atoms with E-state index in [1.165, 1.54) is 16.1 Å². The maximum Gasteiger partial charge on any atom is 0.276 e. The summed E-state index contributed by atoms with van der Waals surface area (Å²) >= 11 is 1.49. The van der Waals surface area contributed by atoms with E-state index in [9.17, 15) is 8.42 Å². The summed E-state index contributed by atoms with van der Waals surface area (Å²) < 4.78 is 37.7. The van der Waals surface area contributed by atoms with Gasteiger partial charge in [0.1, 0.15) is 0 Å².